The lowest BCUT2D eigenvalue weighted by Gasteiger charge is -2.09. The quantitative estimate of drug-likeness (QED) is 0.761. The van der Waals surface area contributed by atoms with Crippen LogP contribution in [0.15, 0.2) is 60.5 Å². The minimum atomic E-state index is 0.561. The van der Waals surface area contributed by atoms with Crippen molar-refractivity contribution < 1.29 is 0 Å². The molecule has 0 saturated carbocycles. The Kier molecular flexibility index (Phi) is 5.25. The molecule has 0 bridgehead atoms. The fourth-order valence-electron chi connectivity index (χ4n) is 1.51. The molecule has 96 valence electrons. The topological polar surface area (TPSA) is 38.0 Å². The van der Waals surface area contributed by atoms with Gasteiger partial charge in [0.1, 0.15) is 0 Å². The normalized spacial score (nSPS) is 12.7. The molecule has 2 nitrogen and oxygen atoms in total. The standard InChI is InChI=1S/C16H22N2/c1-5-15(17)9-6-13(4)18-16-10-7-14(8-11-16)12(2)3/h5-12,18H,1,17H2,2-4H3/b13-6+,15-9+. The van der Waals surface area contributed by atoms with Gasteiger partial charge >= 0.3 is 0 Å². The molecule has 0 unspecified atom stereocenters. The molecule has 0 atom stereocenters. The van der Waals surface area contributed by atoms with Crippen LogP contribution < -0.4 is 11.1 Å². The van der Waals surface area contributed by atoms with Gasteiger partial charge in [0.05, 0.1) is 0 Å². The maximum atomic E-state index is 5.64. The van der Waals surface area contributed by atoms with Crippen LogP contribution in [0.3, 0.4) is 0 Å². The number of benzene rings is 1. The zero-order valence-electron chi connectivity index (χ0n) is 11.4. The fraction of sp³-hybridized carbons (Fsp3) is 0.250. The molecule has 3 N–H and O–H groups in total. The first-order chi connectivity index (χ1) is 8.52. The Morgan fingerprint density at radius 2 is 1.83 bits per heavy atom. The van der Waals surface area contributed by atoms with E-state index in [4.69, 9.17) is 5.73 Å². The maximum absolute atomic E-state index is 5.64. The SMILES string of the molecule is C=C/C(N)=C\C=C(/C)Nc1ccc(C(C)C)cc1. The smallest absolute Gasteiger partial charge is 0.0381 e. The summed E-state index contributed by atoms with van der Waals surface area (Å²) in [7, 11) is 0. The average Bonchev–Trinajstić information content (AvgIpc) is 2.36. The van der Waals surface area contributed by atoms with Crippen molar-refractivity contribution in [1.82, 2.24) is 0 Å². The van der Waals surface area contributed by atoms with E-state index in [1.54, 1.807) is 6.08 Å². The van der Waals surface area contributed by atoms with Gasteiger partial charge in [0.2, 0.25) is 0 Å². The second kappa shape index (κ2) is 6.70. The Morgan fingerprint density at radius 1 is 1.22 bits per heavy atom. The van der Waals surface area contributed by atoms with Crippen LogP contribution >= 0.6 is 0 Å². The third kappa shape index (κ3) is 4.50. The van der Waals surface area contributed by atoms with Gasteiger partial charge in [-0.15, -0.1) is 0 Å². The predicted molar refractivity (Wildman–Crippen MR) is 80.4 cm³/mol. The second-order valence-corrected chi connectivity index (χ2v) is 4.62. The van der Waals surface area contributed by atoms with Crippen molar-refractivity contribution in [3.8, 4) is 0 Å². The van der Waals surface area contributed by atoms with E-state index in [1.807, 2.05) is 19.1 Å². The Bertz CT molecular complexity index is 450. The number of nitrogens with one attached hydrogen (secondary N) is 1. The van der Waals surface area contributed by atoms with Crippen LogP contribution in [0.25, 0.3) is 0 Å². The van der Waals surface area contributed by atoms with Crippen LogP contribution in [-0.4, -0.2) is 0 Å². The Morgan fingerprint density at radius 3 is 2.33 bits per heavy atom. The number of allylic oxidation sites excluding steroid dienone is 4. The van der Waals surface area contributed by atoms with Crippen LogP contribution in [-0.2, 0) is 0 Å². The molecule has 0 radical (unpaired) electrons. The van der Waals surface area contributed by atoms with Crippen LogP contribution in [0.4, 0.5) is 5.69 Å². The lowest BCUT2D eigenvalue weighted by Crippen LogP contribution is -1.97. The summed E-state index contributed by atoms with van der Waals surface area (Å²) in [5, 5.41) is 3.31. The van der Waals surface area contributed by atoms with Gasteiger partial charge in [0, 0.05) is 17.1 Å². The minimum absolute atomic E-state index is 0.561. The average molecular weight is 242 g/mol. The van der Waals surface area contributed by atoms with Crippen LogP contribution in [0.5, 0.6) is 0 Å². The van der Waals surface area contributed by atoms with Crippen LogP contribution in [0.1, 0.15) is 32.3 Å². The van der Waals surface area contributed by atoms with Crippen molar-refractivity contribution in [2.24, 2.45) is 5.73 Å². The van der Waals surface area contributed by atoms with E-state index in [0.29, 0.717) is 11.6 Å². The Balaban J connectivity index is 2.70. The number of hydrogen-bond donors (Lipinski definition) is 2. The first-order valence-electron chi connectivity index (χ1n) is 6.16. The fourth-order valence-corrected chi connectivity index (χ4v) is 1.51. The summed E-state index contributed by atoms with van der Waals surface area (Å²) in [6.07, 6.45) is 5.40. The van der Waals surface area contributed by atoms with E-state index in [0.717, 1.165) is 11.4 Å². The molecule has 0 aliphatic carbocycles. The molecule has 1 aromatic carbocycles. The first kappa shape index (κ1) is 14.1. The summed E-state index contributed by atoms with van der Waals surface area (Å²) in [6.45, 7) is 9.99. The van der Waals surface area contributed by atoms with Gasteiger partial charge in [-0.1, -0.05) is 32.6 Å². The summed E-state index contributed by atoms with van der Waals surface area (Å²) in [6, 6.07) is 8.48. The molecule has 0 spiro atoms. The van der Waals surface area contributed by atoms with Gasteiger partial charge < -0.3 is 11.1 Å². The van der Waals surface area contributed by atoms with Crippen molar-refractivity contribution in [1.29, 1.82) is 0 Å². The van der Waals surface area contributed by atoms with Crippen molar-refractivity contribution in [2.75, 3.05) is 5.32 Å². The van der Waals surface area contributed by atoms with Gasteiger partial charge in [-0.3, -0.25) is 0 Å². The molecule has 0 fully saturated rings. The first-order valence-corrected chi connectivity index (χ1v) is 6.16. The highest BCUT2D eigenvalue weighted by atomic mass is 14.9. The molecule has 0 amide bonds. The van der Waals surface area contributed by atoms with Crippen molar-refractivity contribution in [2.45, 2.75) is 26.7 Å². The van der Waals surface area contributed by atoms with Gasteiger partial charge in [-0.2, -0.15) is 0 Å². The lowest BCUT2D eigenvalue weighted by atomic mass is 10.0. The summed E-state index contributed by atoms with van der Waals surface area (Å²) in [5.74, 6) is 0.561. The number of hydrogen-bond acceptors (Lipinski definition) is 2. The highest BCUT2D eigenvalue weighted by Crippen LogP contribution is 2.18. The lowest BCUT2D eigenvalue weighted by molar-refractivity contribution is 0.867. The van der Waals surface area contributed by atoms with E-state index in [-0.39, 0.29) is 0 Å². The highest BCUT2D eigenvalue weighted by molar-refractivity contribution is 5.49. The van der Waals surface area contributed by atoms with Crippen molar-refractivity contribution in [3.05, 3.63) is 66.0 Å². The minimum Gasteiger partial charge on any atom is -0.399 e. The monoisotopic (exact) mass is 242 g/mol. The molecule has 2 heteroatoms. The zero-order valence-corrected chi connectivity index (χ0v) is 11.4. The predicted octanol–water partition coefficient (Wildman–Crippen LogP) is 4.15. The van der Waals surface area contributed by atoms with Gasteiger partial charge in [0.25, 0.3) is 0 Å². The molecular weight excluding hydrogens is 220 g/mol. The van der Waals surface area contributed by atoms with Gasteiger partial charge in [-0.25, -0.2) is 0 Å². The summed E-state index contributed by atoms with van der Waals surface area (Å²) < 4.78 is 0. The largest absolute Gasteiger partial charge is 0.399 e. The number of rotatable bonds is 5. The zero-order chi connectivity index (χ0) is 13.5. The Hall–Kier alpha value is -1.96. The molecule has 0 aliphatic rings. The highest BCUT2D eigenvalue weighted by Gasteiger charge is 1.98. The van der Waals surface area contributed by atoms with Crippen molar-refractivity contribution in [3.63, 3.8) is 0 Å². The molecule has 0 saturated heterocycles. The van der Waals surface area contributed by atoms with E-state index >= 15 is 0 Å². The third-order valence-corrected chi connectivity index (χ3v) is 2.68. The van der Waals surface area contributed by atoms with Crippen molar-refractivity contribution >= 4 is 5.69 Å². The summed E-state index contributed by atoms with van der Waals surface area (Å²) in [4.78, 5) is 0. The van der Waals surface area contributed by atoms with E-state index < -0.39 is 0 Å². The van der Waals surface area contributed by atoms with Crippen LogP contribution in [0.2, 0.25) is 0 Å². The second-order valence-electron chi connectivity index (χ2n) is 4.62. The third-order valence-electron chi connectivity index (χ3n) is 2.68. The van der Waals surface area contributed by atoms with E-state index in [9.17, 15) is 0 Å². The molecule has 0 aromatic heterocycles. The Labute approximate surface area is 110 Å². The summed E-state index contributed by atoms with van der Waals surface area (Å²) in [5.41, 5.74) is 9.76. The molecule has 1 rings (SSSR count). The maximum Gasteiger partial charge on any atom is 0.0381 e. The molecule has 1 aromatic rings. The number of anilines is 1. The molecular formula is C16H22N2. The number of nitrogens with two attached hydrogens (primary N) is 1. The molecule has 0 heterocycles. The molecule has 0 aliphatic heterocycles. The van der Waals surface area contributed by atoms with Crippen LogP contribution in [0, 0.1) is 0 Å². The van der Waals surface area contributed by atoms with E-state index in [1.165, 1.54) is 5.56 Å². The van der Waals surface area contributed by atoms with E-state index in [2.05, 4.69) is 50.0 Å². The van der Waals surface area contributed by atoms with Gasteiger partial charge in [-0.05, 0) is 48.8 Å². The summed E-state index contributed by atoms with van der Waals surface area (Å²) >= 11 is 0. The molecule has 18 heavy (non-hydrogen) atoms. The van der Waals surface area contributed by atoms with Gasteiger partial charge in [0.15, 0.2) is 0 Å².